The molecule has 0 heterocycles. The Morgan fingerprint density at radius 2 is 1.76 bits per heavy atom. The van der Waals surface area contributed by atoms with Crippen LogP contribution in [0.2, 0.25) is 0 Å². The van der Waals surface area contributed by atoms with Crippen molar-refractivity contribution in [3.63, 3.8) is 0 Å². The van der Waals surface area contributed by atoms with Crippen LogP contribution < -0.4 is 14.8 Å². The molecule has 0 saturated carbocycles. The van der Waals surface area contributed by atoms with Crippen LogP contribution in [0.3, 0.4) is 0 Å². The van der Waals surface area contributed by atoms with Crippen molar-refractivity contribution < 1.29 is 17.9 Å². The first-order valence-electron chi connectivity index (χ1n) is 6.21. The molecule has 0 aromatic heterocycles. The number of nitrogens with one attached hydrogen (secondary N) is 2. The van der Waals surface area contributed by atoms with Gasteiger partial charge in [-0.3, -0.25) is 9.52 Å². The van der Waals surface area contributed by atoms with Crippen molar-refractivity contribution in [1.29, 1.82) is 0 Å². The average molecular weight is 310 g/mol. The average Bonchev–Trinajstić information content (AvgIpc) is 2.24. The molecule has 0 bridgehead atoms. The fourth-order valence-corrected chi connectivity index (χ4v) is 2.33. The van der Waals surface area contributed by atoms with Crippen molar-refractivity contribution >= 4 is 35.1 Å². The highest BCUT2D eigenvalue weighted by atomic mass is 32.2. The molecular formula is C13H19BN2O4S. The lowest BCUT2D eigenvalue weighted by Crippen LogP contribution is -2.17. The highest BCUT2D eigenvalue weighted by Crippen LogP contribution is 2.38. The molecule has 8 heteroatoms. The molecule has 114 valence electrons. The Labute approximate surface area is 126 Å². The maximum atomic E-state index is 11.5. The summed E-state index contributed by atoms with van der Waals surface area (Å²) in [5, 5.41) is 2.44. The molecule has 1 aromatic carbocycles. The molecule has 1 amide bonds. The number of anilines is 2. The Hall–Kier alpha value is -1.70. The summed E-state index contributed by atoms with van der Waals surface area (Å²) in [6, 6.07) is 3.38. The highest BCUT2D eigenvalue weighted by Gasteiger charge is 2.21. The van der Waals surface area contributed by atoms with E-state index in [2.05, 4.69) is 10.0 Å². The predicted molar refractivity (Wildman–Crippen MR) is 84.9 cm³/mol. The van der Waals surface area contributed by atoms with E-state index in [1.807, 2.05) is 20.8 Å². The standard InChI is InChI=1S/C13H19BN2O4S/c1-13(2,3)8-6-9(15-12(14)17)11(20-4)10(7-8)16-21(5,18)19/h6-7,16H,1-5H3,(H,15,17). The van der Waals surface area contributed by atoms with Gasteiger partial charge in [0.1, 0.15) is 0 Å². The summed E-state index contributed by atoms with van der Waals surface area (Å²) in [5.41, 5.74) is 1.12. The first-order chi connectivity index (χ1) is 9.44. The van der Waals surface area contributed by atoms with Crippen molar-refractivity contribution in [2.24, 2.45) is 0 Å². The molecule has 0 spiro atoms. The largest absolute Gasteiger partial charge is 0.492 e. The van der Waals surface area contributed by atoms with Gasteiger partial charge >= 0.3 is 0 Å². The minimum absolute atomic E-state index is 0.201. The summed E-state index contributed by atoms with van der Waals surface area (Å²) in [5.74, 6) is -0.558. The lowest BCUT2D eigenvalue weighted by Gasteiger charge is -2.23. The molecule has 0 fully saturated rings. The number of amides is 1. The molecule has 0 aliphatic carbocycles. The van der Waals surface area contributed by atoms with Crippen LogP contribution in [-0.2, 0) is 15.4 Å². The fraction of sp³-hybridized carbons (Fsp3) is 0.462. The Morgan fingerprint density at radius 1 is 1.24 bits per heavy atom. The van der Waals surface area contributed by atoms with Crippen molar-refractivity contribution in [3.8, 4) is 5.75 Å². The van der Waals surface area contributed by atoms with Gasteiger partial charge in [0.15, 0.2) is 11.6 Å². The third-order valence-electron chi connectivity index (χ3n) is 2.71. The predicted octanol–water partition coefficient (Wildman–Crippen LogP) is 2.06. The van der Waals surface area contributed by atoms with E-state index in [1.165, 1.54) is 7.11 Å². The number of benzene rings is 1. The zero-order valence-corrected chi connectivity index (χ0v) is 13.6. The number of methoxy groups -OCH3 is 1. The van der Waals surface area contributed by atoms with Gasteiger partial charge in [-0.25, -0.2) is 8.42 Å². The van der Waals surface area contributed by atoms with Crippen molar-refractivity contribution in [2.75, 3.05) is 23.4 Å². The first-order valence-corrected chi connectivity index (χ1v) is 8.10. The van der Waals surface area contributed by atoms with Gasteiger partial charge in [0.05, 0.1) is 24.7 Å². The second-order valence-electron chi connectivity index (χ2n) is 5.72. The number of hydrogen-bond acceptors (Lipinski definition) is 4. The summed E-state index contributed by atoms with van der Waals surface area (Å²) in [6.45, 7) is 5.90. The zero-order valence-electron chi connectivity index (χ0n) is 12.8. The lowest BCUT2D eigenvalue weighted by atomic mass is 9.86. The Bertz CT molecular complexity index is 651. The van der Waals surface area contributed by atoms with Gasteiger partial charge in [-0.05, 0) is 23.1 Å². The van der Waals surface area contributed by atoms with E-state index in [-0.39, 0.29) is 16.9 Å². The van der Waals surface area contributed by atoms with Crippen LogP contribution in [0.15, 0.2) is 12.1 Å². The highest BCUT2D eigenvalue weighted by molar-refractivity contribution is 7.92. The molecule has 1 aromatic rings. The molecule has 2 radical (unpaired) electrons. The van der Waals surface area contributed by atoms with Gasteiger partial charge in [0.2, 0.25) is 17.9 Å². The summed E-state index contributed by atoms with van der Waals surface area (Å²) < 4.78 is 30.5. The van der Waals surface area contributed by atoms with Crippen LogP contribution in [0.25, 0.3) is 0 Å². The second kappa shape index (κ2) is 5.97. The van der Waals surface area contributed by atoms with Crippen LogP contribution in [0, 0.1) is 0 Å². The quantitative estimate of drug-likeness (QED) is 0.834. The molecular weight excluding hydrogens is 291 g/mol. The monoisotopic (exact) mass is 310 g/mol. The minimum atomic E-state index is -3.49. The molecule has 0 atom stereocenters. The molecule has 0 unspecified atom stereocenters. The van der Waals surface area contributed by atoms with Gasteiger partial charge in [0.25, 0.3) is 0 Å². The van der Waals surface area contributed by atoms with Gasteiger partial charge in [-0.2, -0.15) is 0 Å². The number of hydrogen-bond donors (Lipinski definition) is 2. The number of sulfonamides is 1. The number of ether oxygens (including phenoxy) is 1. The van der Waals surface area contributed by atoms with Gasteiger partial charge in [0, 0.05) is 0 Å². The number of carbonyl (C=O) groups excluding carboxylic acids is 1. The fourth-order valence-electron chi connectivity index (χ4n) is 1.78. The van der Waals surface area contributed by atoms with Crippen LogP contribution in [0.1, 0.15) is 26.3 Å². The van der Waals surface area contributed by atoms with E-state index in [4.69, 9.17) is 12.6 Å². The summed E-state index contributed by atoms with van der Waals surface area (Å²) in [6.07, 6.45) is 1.04. The number of rotatable bonds is 4. The molecule has 2 N–H and O–H groups in total. The Kier molecular flexibility index (Phi) is 4.93. The molecule has 0 saturated heterocycles. The smallest absolute Gasteiger partial charge is 0.229 e. The van der Waals surface area contributed by atoms with E-state index in [1.54, 1.807) is 12.1 Å². The Balaban J connectivity index is 3.55. The van der Waals surface area contributed by atoms with Gasteiger partial charge in [-0.15, -0.1) is 0 Å². The van der Waals surface area contributed by atoms with Gasteiger partial charge in [-0.1, -0.05) is 20.8 Å². The Morgan fingerprint density at radius 3 is 2.14 bits per heavy atom. The summed E-state index contributed by atoms with van der Waals surface area (Å²) in [7, 11) is 3.03. The van der Waals surface area contributed by atoms with E-state index in [0.29, 0.717) is 5.69 Å². The topological polar surface area (TPSA) is 84.5 Å². The summed E-state index contributed by atoms with van der Waals surface area (Å²) >= 11 is 0. The van der Waals surface area contributed by atoms with Crippen LogP contribution in [0.5, 0.6) is 5.75 Å². The third kappa shape index (κ3) is 4.97. The van der Waals surface area contributed by atoms with Gasteiger partial charge < -0.3 is 10.1 Å². The first kappa shape index (κ1) is 17.4. The van der Waals surface area contributed by atoms with E-state index >= 15 is 0 Å². The van der Waals surface area contributed by atoms with Crippen molar-refractivity contribution in [3.05, 3.63) is 17.7 Å². The van der Waals surface area contributed by atoms with Crippen LogP contribution in [-0.4, -0.2) is 35.4 Å². The summed E-state index contributed by atoms with van der Waals surface area (Å²) in [4.78, 5) is 11.1. The molecule has 1 rings (SSSR count). The van der Waals surface area contributed by atoms with E-state index < -0.39 is 15.8 Å². The van der Waals surface area contributed by atoms with E-state index in [9.17, 15) is 13.2 Å². The normalized spacial score (nSPS) is 11.9. The number of carbonyl (C=O) groups is 1. The third-order valence-corrected chi connectivity index (χ3v) is 3.30. The molecule has 0 aliphatic rings. The molecule has 6 nitrogen and oxygen atoms in total. The second-order valence-corrected chi connectivity index (χ2v) is 7.47. The molecule has 0 aliphatic heterocycles. The minimum Gasteiger partial charge on any atom is -0.492 e. The SMILES string of the molecule is [B]C(=O)Nc1cc(C(C)(C)C)cc(NS(C)(=O)=O)c1OC. The van der Waals surface area contributed by atoms with E-state index in [0.717, 1.165) is 11.8 Å². The maximum Gasteiger partial charge on any atom is 0.229 e. The maximum absolute atomic E-state index is 11.5. The molecule has 21 heavy (non-hydrogen) atoms. The lowest BCUT2D eigenvalue weighted by molar-refractivity contribution is 0.268. The van der Waals surface area contributed by atoms with Crippen molar-refractivity contribution in [1.82, 2.24) is 0 Å². The van der Waals surface area contributed by atoms with Crippen LogP contribution >= 0.6 is 0 Å². The zero-order chi connectivity index (χ0) is 16.4. The van der Waals surface area contributed by atoms with Crippen LogP contribution in [0.4, 0.5) is 16.2 Å². The van der Waals surface area contributed by atoms with Crippen molar-refractivity contribution in [2.45, 2.75) is 26.2 Å².